The molecule has 0 saturated heterocycles. The van der Waals surface area contributed by atoms with Crippen LogP contribution in [0.2, 0.25) is 0 Å². The molecule has 0 saturated carbocycles. The van der Waals surface area contributed by atoms with Gasteiger partial charge in [0.2, 0.25) is 29.5 Å². The number of hydrogen-bond donors (Lipinski definition) is 5. The van der Waals surface area contributed by atoms with Gasteiger partial charge < -0.3 is 31.3 Å². The van der Waals surface area contributed by atoms with Crippen LogP contribution in [0, 0.1) is 5.92 Å². The zero-order valence-corrected chi connectivity index (χ0v) is 20.2. The summed E-state index contributed by atoms with van der Waals surface area (Å²) < 4.78 is 5.02. The molecule has 0 aliphatic carbocycles. The maximum absolute atomic E-state index is 12.3. The van der Waals surface area contributed by atoms with Crippen LogP contribution >= 0.6 is 0 Å². The molecule has 0 fully saturated rings. The Kier molecular flexibility index (Phi) is 14.3. The average Bonchev–Trinajstić information content (AvgIpc) is 2.75. The molecule has 5 amide bonds. The highest BCUT2D eigenvalue weighted by atomic mass is 16.5. The standard InChI is InChI=1S/C21H37N5O7/c1-7-17(28)22-8-9-23-19(30)13(4)25-21(32)15(6)26-20(31)14(5)24-18(29)11-33-10-16(27)12(2)3/h12-15H,7-11H2,1-6H3,(H,22,28)(H,23,30)(H,24,29)(H,25,32)(H,26,31). The predicted molar refractivity (Wildman–Crippen MR) is 120 cm³/mol. The summed E-state index contributed by atoms with van der Waals surface area (Å²) in [6.07, 6.45) is 0.347. The zero-order valence-electron chi connectivity index (χ0n) is 20.2. The normalized spacial score (nSPS) is 13.3. The topological polar surface area (TPSA) is 172 Å². The Labute approximate surface area is 194 Å². The Hall–Kier alpha value is -3.02. The van der Waals surface area contributed by atoms with E-state index in [9.17, 15) is 28.8 Å². The van der Waals surface area contributed by atoms with Crippen LogP contribution in [0.25, 0.3) is 0 Å². The van der Waals surface area contributed by atoms with E-state index < -0.39 is 41.8 Å². The number of amides is 5. The van der Waals surface area contributed by atoms with Crippen LogP contribution in [-0.4, -0.2) is 79.7 Å². The SMILES string of the molecule is CCC(=O)NCCNC(=O)C(C)NC(=O)C(C)NC(=O)C(C)NC(=O)COCC(=O)C(C)C. The molecule has 33 heavy (non-hydrogen) atoms. The first-order valence-electron chi connectivity index (χ1n) is 10.9. The minimum Gasteiger partial charge on any atom is -0.364 e. The van der Waals surface area contributed by atoms with Crippen molar-refractivity contribution < 1.29 is 33.5 Å². The van der Waals surface area contributed by atoms with Crippen LogP contribution in [0.15, 0.2) is 0 Å². The molecule has 0 bridgehead atoms. The van der Waals surface area contributed by atoms with Gasteiger partial charge in [0, 0.05) is 25.4 Å². The highest BCUT2D eigenvalue weighted by Crippen LogP contribution is 1.95. The van der Waals surface area contributed by atoms with Gasteiger partial charge >= 0.3 is 0 Å². The molecular formula is C21H37N5O7. The van der Waals surface area contributed by atoms with Crippen LogP contribution < -0.4 is 26.6 Å². The molecule has 0 aromatic carbocycles. The summed E-state index contributed by atoms with van der Waals surface area (Å²) in [5.41, 5.74) is 0. The minimum absolute atomic E-state index is 0.130. The van der Waals surface area contributed by atoms with E-state index in [-0.39, 0.29) is 43.9 Å². The fraction of sp³-hybridized carbons (Fsp3) is 0.714. The molecule has 3 unspecified atom stereocenters. The van der Waals surface area contributed by atoms with Crippen LogP contribution in [0.5, 0.6) is 0 Å². The van der Waals surface area contributed by atoms with Crippen LogP contribution in [-0.2, 0) is 33.5 Å². The zero-order chi connectivity index (χ0) is 25.6. The van der Waals surface area contributed by atoms with Gasteiger partial charge in [-0.3, -0.25) is 28.8 Å². The van der Waals surface area contributed by atoms with Gasteiger partial charge in [-0.25, -0.2) is 0 Å². The second-order valence-corrected chi connectivity index (χ2v) is 7.86. The van der Waals surface area contributed by atoms with Gasteiger partial charge in [0.1, 0.15) is 31.3 Å². The maximum Gasteiger partial charge on any atom is 0.246 e. The Morgan fingerprint density at radius 3 is 1.64 bits per heavy atom. The van der Waals surface area contributed by atoms with Crippen molar-refractivity contribution in [1.82, 2.24) is 26.6 Å². The lowest BCUT2D eigenvalue weighted by Crippen LogP contribution is -2.55. The van der Waals surface area contributed by atoms with E-state index in [0.717, 1.165) is 0 Å². The van der Waals surface area contributed by atoms with Crippen LogP contribution in [0.4, 0.5) is 0 Å². The average molecular weight is 472 g/mol. The lowest BCUT2D eigenvalue weighted by molar-refractivity contribution is -0.135. The summed E-state index contributed by atoms with van der Waals surface area (Å²) in [4.78, 5) is 70.9. The lowest BCUT2D eigenvalue weighted by Gasteiger charge is -2.20. The smallest absolute Gasteiger partial charge is 0.246 e. The molecule has 0 aromatic heterocycles. The third kappa shape index (κ3) is 13.2. The van der Waals surface area contributed by atoms with Gasteiger partial charge in [0.25, 0.3) is 0 Å². The molecular weight excluding hydrogens is 434 g/mol. The van der Waals surface area contributed by atoms with Crippen molar-refractivity contribution in [3.05, 3.63) is 0 Å². The number of Topliss-reactive ketones (excluding diaryl/α,β-unsaturated/α-hetero) is 1. The largest absolute Gasteiger partial charge is 0.364 e. The highest BCUT2D eigenvalue weighted by Gasteiger charge is 2.23. The second-order valence-electron chi connectivity index (χ2n) is 7.86. The molecule has 3 atom stereocenters. The Morgan fingerprint density at radius 1 is 0.636 bits per heavy atom. The predicted octanol–water partition coefficient (Wildman–Crippen LogP) is -1.62. The van der Waals surface area contributed by atoms with Crippen molar-refractivity contribution in [3.63, 3.8) is 0 Å². The van der Waals surface area contributed by atoms with Gasteiger partial charge in [-0.15, -0.1) is 0 Å². The number of nitrogens with one attached hydrogen (secondary N) is 5. The summed E-state index contributed by atoms with van der Waals surface area (Å²) in [5.74, 6) is -2.68. The van der Waals surface area contributed by atoms with E-state index in [4.69, 9.17) is 4.74 Å². The van der Waals surface area contributed by atoms with E-state index in [1.54, 1.807) is 20.8 Å². The molecule has 12 heteroatoms. The van der Waals surface area contributed by atoms with Crippen molar-refractivity contribution in [2.75, 3.05) is 26.3 Å². The fourth-order valence-electron chi connectivity index (χ4n) is 2.23. The van der Waals surface area contributed by atoms with Gasteiger partial charge in [-0.05, 0) is 20.8 Å². The molecule has 5 N–H and O–H groups in total. The quantitative estimate of drug-likeness (QED) is 0.179. The van der Waals surface area contributed by atoms with E-state index >= 15 is 0 Å². The van der Waals surface area contributed by atoms with E-state index in [1.807, 2.05) is 0 Å². The fourth-order valence-corrected chi connectivity index (χ4v) is 2.23. The summed E-state index contributed by atoms with van der Waals surface area (Å²) in [7, 11) is 0. The van der Waals surface area contributed by atoms with Gasteiger partial charge in [-0.2, -0.15) is 0 Å². The van der Waals surface area contributed by atoms with Gasteiger partial charge in [0.05, 0.1) is 0 Å². The summed E-state index contributed by atoms with van der Waals surface area (Å²) >= 11 is 0. The molecule has 0 radical (unpaired) electrons. The summed E-state index contributed by atoms with van der Waals surface area (Å²) in [5, 5.41) is 12.5. The van der Waals surface area contributed by atoms with Crippen LogP contribution in [0.1, 0.15) is 48.0 Å². The molecule has 0 aromatic rings. The third-order valence-electron chi connectivity index (χ3n) is 4.46. The number of hydrogen-bond acceptors (Lipinski definition) is 7. The molecule has 12 nitrogen and oxygen atoms in total. The van der Waals surface area contributed by atoms with Crippen LogP contribution in [0.3, 0.4) is 0 Å². The van der Waals surface area contributed by atoms with Crippen molar-refractivity contribution in [1.29, 1.82) is 0 Å². The molecule has 0 heterocycles. The minimum atomic E-state index is -0.962. The highest BCUT2D eigenvalue weighted by molar-refractivity contribution is 5.93. The molecule has 188 valence electrons. The van der Waals surface area contributed by atoms with E-state index in [0.29, 0.717) is 6.42 Å². The van der Waals surface area contributed by atoms with E-state index in [2.05, 4.69) is 26.6 Å². The number of carbonyl (C=O) groups is 6. The third-order valence-corrected chi connectivity index (χ3v) is 4.46. The first-order valence-corrected chi connectivity index (χ1v) is 10.9. The molecule has 0 rings (SSSR count). The Balaban J connectivity index is 4.32. The molecule has 0 aliphatic heterocycles. The Bertz CT molecular complexity index is 711. The Morgan fingerprint density at radius 2 is 1.12 bits per heavy atom. The summed E-state index contributed by atoms with van der Waals surface area (Å²) in [6.45, 7) is 9.43. The maximum atomic E-state index is 12.3. The van der Waals surface area contributed by atoms with Crippen molar-refractivity contribution in [2.45, 2.75) is 66.1 Å². The van der Waals surface area contributed by atoms with Gasteiger partial charge in [-0.1, -0.05) is 20.8 Å². The van der Waals surface area contributed by atoms with Crippen molar-refractivity contribution >= 4 is 35.3 Å². The number of rotatable bonds is 15. The number of carbonyl (C=O) groups excluding carboxylic acids is 6. The van der Waals surface area contributed by atoms with Crippen molar-refractivity contribution in [3.8, 4) is 0 Å². The monoisotopic (exact) mass is 471 g/mol. The molecule has 0 spiro atoms. The number of ketones is 1. The lowest BCUT2D eigenvalue weighted by atomic mass is 10.1. The first-order chi connectivity index (χ1) is 15.4. The molecule has 0 aliphatic rings. The van der Waals surface area contributed by atoms with E-state index in [1.165, 1.54) is 20.8 Å². The second kappa shape index (κ2) is 15.7. The summed E-state index contributed by atoms with van der Waals surface area (Å²) in [6, 6.07) is -2.77. The van der Waals surface area contributed by atoms with Crippen molar-refractivity contribution in [2.24, 2.45) is 5.92 Å². The number of ether oxygens (including phenoxy) is 1. The van der Waals surface area contributed by atoms with Gasteiger partial charge in [0.15, 0.2) is 5.78 Å². The first kappa shape index (κ1) is 30.0.